The molecule has 2 nitrogen and oxygen atoms in total. The van der Waals surface area contributed by atoms with Crippen LogP contribution in [0.5, 0.6) is 5.75 Å². The molecule has 0 spiro atoms. The molecule has 3 atom stereocenters. The van der Waals surface area contributed by atoms with Crippen molar-refractivity contribution in [3.05, 3.63) is 29.8 Å². The molecule has 0 heterocycles. The fraction of sp³-hybridized carbons (Fsp3) is 0.571. The van der Waals surface area contributed by atoms with Gasteiger partial charge in [-0.3, -0.25) is 0 Å². The van der Waals surface area contributed by atoms with E-state index in [4.69, 9.17) is 9.47 Å². The van der Waals surface area contributed by atoms with Crippen LogP contribution in [0.15, 0.2) is 24.3 Å². The van der Waals surface area contributed by atoms with Crippen molar-refractivity contribution >= 4 is 0 Å². The predicted molar refractivity (Wildman–Crippen MR) is 65.3 cm³/mol. The van der Waals surface area contributed by atoms with Crippen LogP contribution in [0.4, 0.5) is 4.39 Å². The van der Waals surface area contributed by atoms with E-state index in [1.807, 2.05) is 24.3 Å². The van der Waals surface area contributed by atoms with Crippen LogP contribution in [0.25, 0.3) is 0 Å². The monoisotopic (exact) mass is 238 g/mol. The van der Waals surface area contributed by atoms with Gasteiger partial charge in [0.15, 0.2) is 0 Å². The van der Waals surface area contributed by atoms with Crippen LogP contribution in [0.1, 0.15) is 30.7 Å². The lowest BCUT2D eigenvalue weighted by Crippen LogP contribution is -2.31. The standard InChI is InChI=1S/C14H19FO2/c1-16-12-6-3-10(4-7-12)11-5-8-14(17-2)13(15)9-11/h3-4,6-7,11,13-14H,5,8-9H2,1-2H3. The lowest BCUT2D eigenvalue weighted by Gasteiger charge is -2.31. The molecule has 1 fully saturated rings. The van der Waals surface area contributed by atoms with Crippen LogP contribution < -0.4 is 4.74 Å². The molecular formula is C14H19FO2. The average Bonchev–Trinajstić information content (AvgIpc) is 2.39. The van der Waals surface area contributed by atoms with Crippen molar-refractivity contribution in [3.8, 4) is 5.75 Å². The number of alkyl halides is 1. The highest BCUT2D eigenvalue weighted by molar-refractivity contribution is 5.29. The van der Waals surface area contributed by atoms with Gasteiger partial charge in [0.25, 0.3) is 0 Å². The van der Waals surface area contributed by atoms with Crippen LogP contribution in [0.2, 0.25) is 0 Å². The molecule has 2 rings (SSSR count). The number of ether oxygens (including phenoxy) is 2. The minimum Gasteiger partial charge on any atom is -0.497 e. The maximum Gasteiger partial charge on any atom is 0.127 e. The summed E-state index contributed by atoms with van der Waals surface area (Å²) in [6.07, 6.45) is 1.29. The Morgan fingerprint density at radius 2 is 1.82 bits per heavy atom. The van der Waals surface area contributed by atoms with Gasteiger partial charge in [-0.15, -0.1) is 0 Å². The second kappa shape index (κ2) is 5.50. The van der Waals surface area contributed by atoms with E-state index in [0.29, 0.717) is 12.3 Å². The van der Waals surface area contributed by atoms with Crippen LogP contribution >= 0.6 is 0 Å². The summed E-state index contributed by atoms with van der Waals surface area (Å²) in [5, 5.41) is 0. The van der Waals surface area contributed by atoms with E-state index in [1.165, 1.54) is 5.56 Å². The third kappa shape index (κ3) is 2.78. The van der Waals surface area contributed by atoms with Crippen molar-refractivity contribution in [2.75, 3.05) is 14.2 Å². The average molecular weight is 238 g/mol. The van der Waals surface area contributed by atoms with Crippen molar-refractivity contribution in [2.45, 2.75) is 37.5 Å². The molecule has 0 aliphatic heterocycles. The second-order valence-corrected chi connectivity index (χ2v) is 4.57. The fourth-order valence-electron chi connectivity index (χ4n) is 2.53. The van der Waals surface area contributed by atoms with Gasteiger partial charge in [-0.25, -0.2) is 4.39 Å². The maximum absolute atomic E-state index is 13.8. The van der Waals surface area contributed by atoms with Gasteiger partial charge in [0.1, 0.15) is 11.9 Å². The molecule has 0 bridgehead atoms. The summed E-state index contributed by atoms with van der Waals surface area (Å²) < 4.78 is 24.0. The SMILES string of the molecule is COc1ccc(C2CCC(OC)C(F)C2)cc1. The highest BCUT2D eigenvalue weighted by Crippen LogP contribution is 2.35. The lowest BCUT2D eigenvalue weighted by molar-refractivity contribution is 0.000303. The molecule has 1 aromatic carbocycles. The molecule has 1 aliphatic rings. The molecule has 3 heteroatoms. The molecule has 0 amide bonds. The Hall–Kier alpha value is -1.09. The molecule has 0 radical (unpaired) electrons. The first-order chi connectivity index (χ1) is 8.24. The van der Waals surface area contributed by atoms with Gasteiger partial charge in [-0.1, -0.05) is 12.1 Å². The molecular weight excluding hydrogens is 219 g/mol. The zero-order chi connectivity index (χ0) is 12.3. The minimum absolute atomic E-state index is 0.218. The molecule has 0 aromatic heterocycles. The van der Waals surface area contributed by atoms with Gasteiger partial charge in [-0.2, -0.15) is 0 Å². The Morgan fingerprint density at radius 3 is 2.35 bits per heavy atom. The summed E-state index contributed by atoms with van der Waals surface area (Å²) in [5.41, 5.74) is 1.20. The van der Waals surface area contributed by atoms with E-state index in [-0.39, 0.29) is 6.10 Å². The van der Waals surface area contributed by atoms with Crippen molar-refractivity contribution < 1.29 is 13.9 Å². The van der Waals surface area contributed by atoms with E-state index in [9.17, 15) is 4.39 Å². The summed E-state index contributed by atoms with van der Waals surface area (Å²) in [5.74, 6) is 1.15. The van der Waals surface area contributed by atoms with Gasteiger partial charge >= 0.3 is 0 Å². The summed E-state index contributed by atoms with van der Waals surface area (Å²) in [6, 6.07) is 7.93. The molecule has 17 heavy (non-hydrogen) atoms. The maximum atomic E-state index is 13.8. The van der Waals surface area contributed by atoms with Crippen molar-refractivity contribution in [1.29, 1.82) is 0 Å². The van der Waals surface area contributed by atoms with Crippen LogP contribution in [0.3, 0.4) is 0 Å². The number of rotatable bonds is 3. The molecule has 1 aliphatic carbocycles. The van der Waals surface area contributed by atoms with Crippen LogP contribution in [-0.2, 0) is 4.74 Å². The largest absolute Gasteiger partial charge is 0.497 e. The van der Waals surface area contributed by atoms with Crippen LogP contribution in [0, 0.1) is 0 Å². The van der Waals surface area contributed by atoms with Gasteiger partial charge < -0.3 is 9.47 Å². The Kier molecular flexibility index (Phi) is 4.00. The molecule has 1 saturated carbocycles. The third-order valence-electron chi connectivity index (χ3n) is 3.60. The number of halogens is 1. The summed E-state index contributed by atoms with van der Waals surface area (Å²) in [6.45, 7) is 0. The Morgan fingerprint density at radius 1 is 1.12 bits per heavy atom. The highest BCUT2D eigenvalue weighted by atomic mass is 19.1. The topological polar surface area (TPSA) is 18.5 Å². The molecule has 3 unspecified atom stereocenters. The summed E-state index contributed by atoms with van der Waals surface area (Å²) in [4.78, 5) is 0. The van der Waals surface area contributed by atoms with E-state index < -0.39 is 6.17 Å². The van der Waals surface area contributed by atoms with Crippen LogP contribution in [-0.4, -0.2) is 26.5 Å². The van der Waals surface area contributed by atoms with Gasteiger partial charge in [0, 0.05) is 7.11 Å². The number of hydrogen-bond donors (Lipinski definition) is 0. The predicted octanol–water partition coefficient (Wildman–Crippen LogP) is 3.32. The molecule has 0 N–H and O–H groups in total. The fourth-order valence-corrected chi connectivity index (χ4v) is 2.53. The Bertz CT molecular complexity index is 350. The first-order valence-corrected chi connectivity index (χ1v) is 6.05. The van der Waals surface area contributed by atoms with Crippen molar-refractivity contribution in [2.24, 2.45) is 0 Å². The number of hydrogen-bond acceptors (Lipinski definition) is 2. The van der Waals surface area contributed by atoms with E-state index in [1.54, 1.807) is 14.2 Å². The Labute approximate surface area is 102 Å². The first kappa shape index (κ1) is 12.4. The van der Waals surface area contributed by atoms with E-state index in [2.05, 4.69) is 0 Å². The zero-order valence-electron chi connectivity index (χ0n) is 10.4. The normalized spacial score (nSPS) is 29.0. The lowest BCUT2D eigenvalue weighted by atomic mass is 9.81. The summed E-state index contributed by atoms with van der Waals surface area (Å²) in [7, 11) is 3.24. The smallest absolute Gasteiger partial charge is 0.127 e. The second-order valence-electron chi connectivity index (χ2n) is 4.57. The van der Waals surface area contributed by atoms with Gasteiger partial charge in [0.05, 0.1) is 13.2 Å². The highest BCUT2D eigenvalue weighted by Gasteiger charge is 2.31. The number of benzene rings is 1. The molecule has 0 saturated heterocycles. The molecule has 1 aromatic rings. The minimum atomic E-state index is -0.846. The van der Waals surface area contributed by atoms with Gasteiger partial charge in [0.2, 0.25) is 0 Å². The zero-order valence-corrected chi connectivity index (χ0v) is 10.4. The summed E-state index contributed by atoms with van der Waals surface area (Å²) >= 11 is 0. The first-order valence-electron chi connectivity index (χ1n) is 6.05. The third-order valence-corrected chi connectivity index (χ3v) is 3.60. The van der Waals surface area contributed by atoms with E-state index >= 15 is 0 Å². The quantitative estimate of drug-likeness (QED) is 0.804. The van der Waals surface area contributed by atoms with Gasteiger partial charge in [-0.05, 0) is 42.9 Å². The van der Waals surface area contributed by atoms with E-state index in [0.717, 1.165) is 18.6 Å². The Balaban J connectivity index is 2.03. The number of methoxy groups -OCH3 is 2. The van der Waals surface area contributed by atoms with Crippen molar-refractivity contribution in [3.63, 3.8) is 0 Å². The molecule has 94 valence electrons. The van der Waals surface area contributed by atoms with Crippen molar-refractivity contribution in [1.82, 2.24) is 0 Å².